The second kappa shape index (κ2) is 3.79. The number of likely N-dealkylation sites (N-methyl/N-ethyl adjacent to an activating group) is 1. The van der Waals surface area contributed by atoms with Crippen molar-refractivity contribution in [1.82, 2.24) is 9.80 Å². The lowest BCUT2D eigenvalue weighted by atomic mass is 10.1. The van der Waals surface area contributed by atoms with Crippen molar-refractivity contribution in [2.45, 2.75) is 13.0 Å². The highest BCUT2D eigenvalue weighted by atomic mass is 32.2. The maximum Gasteiger partial charge on any atom is 0.152 e. The van der Waals surface area contributed by atoms with Gasteiger partial charge in [-0.25, -0.2) is 8.42 Å². The Morgan fingerprint density at radius 3 is 2.29 bits per heavy atom. The first-order valence-electron chi connectivity index (χ1n) is 5.27. The predicted octanol–water partition coefficient (Wildman–Crippen LogP) is -0.579. The summed E-state index contributed by atoms with van der Waals surface area (Å²) in [5, 5.41) is 0. The molecule has 0 radical (unpaired) electrons. The molecule has 14 heavy (non-hydrogen) atoms. The second-order valence-corrected chi connectivity index (χ2v) is 6.50. The Morgan fingerprint density at radius 2 is 1.79 bits per heavy atom. The first kappa shape index (κ1) is 10.4. The molecule has 0 amide bonds. The van der Waals surface area contributed by atoms with E-state index >= 15 is 0 Å². The van der Waals surface area contributed by atoms with Crippen LogP contribution in [-0.4, -0.2) is 68.5 Å². The van der Waals surface area contributed by atoms with Crippen LogP contribution in [0.1, 0.15) is 6.92 Å². The third-order valence-corrected chi connectivity index (χ3v) is 4.89. The Kier molecular flexibility index (Phi) is 2.81. The maximum absolute atomic E-state index is 11.2. The Balaban J connectivity index is 1.80. The normalized spacial score (nSPS) is 30.1. The average molecular weight is 218 g/mol. The van der Waals surface area contributed by atoms with Gasteiger partial charge in [0.15, 0.2) is 9.84 Å². The van der Waals surface area contributed by atoms with Gasteiger partial charge in [0.1, 0.15) is 0 Å². The van der Waals surface area contributed by atoms with E-state index in [1.54, 1.807) is 0 Å². The fourth-order valence-electron chi connectivity index (χ4n) is 2.12. The van der Waals surface area contributed by atoms with Crippen LogP contribution in [0.4, 0.5) is 0 Å². The Morgan fingerprint density at radius 1 is 1.21 bits per heavy atom. The first-order valence-corrected chi connectivity index (χ1v) is 7.09. The average Bonchev–Trinajstić information content (AvgIpc) is 2.06. The predicted molar refractivity (Wildman–Crippen MR) is 56.1 cm³/mol. The van der Waals surface area contributed by atoms with Gasteiger partial charge in [-0.1, -0.05) is 6.92 Å². The van der Waals surface area contributed by atoms with Gasteiger partial charge in [-0.15, -0.1) is 0 Å². The van der Waals surface area contributed by atoms with E-state index in [9.17, 15) is 8.42 Å². The molecule has 0 atom stereocenters. The van der Waals surface area contributed by atoms with E-state index in [4.69, 9.17) is 0 Å². The number of hydrogen-bond donors (Lipinski definition) is 0. The SMILES string of the molecule is CCN1CC(N2CCS(=O)(=O)CC2)C1. The first-order chi connectivity index (χ1) is 6.61. The molecule has 2 aliphatic heterocycles. The Bertz CT molecular complexity index is 282. The van der Waals surface area contributed by atoms with Gasteiger partial charge in [0.05, 0.1) is 11.5 Å². The number of sulfone groups is 1. The topological polar surface area (TPSA) is 40.6 Å². The molecular formula is C9H18N2O2S. The molecular weight excluding hydrogens is 200 g/mol. The number of nitrogens with zero attached hydrogens (tertiary/aromatic N) is 2. The van der Waals surface area contributed by atoms with Crippen molar-refractivity contribution in [3.63, 3.8) is 0 Å². The molecule has 0 aromatic carbocycles. The minimum atomic E-state index is -2.71. The quantitative estimate of drug-likeness (QED) is 0.622. The fraction of sp³-hybridized carbons (Fsp3) is 1.00. The lowest BCUT2D eigenvalue weighted by molar-refractivity contribution is 0.0430. The van der Waals surface area contributed by atoms with Crippen LogP contribution in [-0.2, 0) is 9.84 Å². The molecule has 5 heteroatoms. The maximum atomic E-state index is 11.2. The largest absolute Gasteiger partial charge is 0.300 e. The van der Waals surface area contributed by atoms with Crippen molar-refractivity contribution in [2.75, 3.05) is 44.2 Å². The summed E-state index contributed by atoms with van der Waals surface area (Å²) in [6.07, 6.45) is 0. The monoisotopic (exact) mass is 218 g/mol. The van der Waals surface area contributed by atoms with Crippen molar-refractivity contribution >= 4 is 9.84 Å². The summed E-state index contributed by atoms with van der Waals surface area (Å²) >= 11 is 0. The zero-order chi connectivity index (χ0) is 10.2. The van der Waals surface area contributed by atoms with Gasteiger partial charge < -0.3 is 4.90 Å². The molecule has 0 aromatic heterocycles. The van der Waals surface area contributed by atoms with Crippen LogP contribution >= 0.6 is 0 Å². The fourth-order valence-corrected chi connectivity index (χ4v) is 3.35. The minimum absolute atomic E-state index is 0.357. The molecule has 2 aliphatic rings. The third kappa shape index (κ3) is 2.10. The smallest absolute Gasteiger partial charge is 0.152 e. The van der Waals surface area contributed by atoms with Crippen molar-refractivity contribution in [3.05, 3.63) is 0 Å². The van der Waals surface area contributed by atoms with Crippen LogP contribution < -0.4 is 0 Å². The Hall–Kier alpha value is -0.130. The summed E-state index contributed by atoms with van der Waals surface area (Å²) in [5.74, 6) is 0.714. The summed E-state index contributed by atoms with van der Waals surface area (Å²) in [7, 11) is -2.71. The second-order valence-electron chi connectivity index (χ2n) is 4.19. The standard InChI is InChI=1S/C9H18N2O2S/c1-2-10-7-9(8-10)11-3-5-14(12,13)6-4-11/h9H,2-8H2,1H3. The van der Waals surface area contributed by atoms with E-state index in [1.807, 2.05) is 0 Å². The molecule has 0 spiro atoms. The molecule has 2 fully saturated rings. The minimum Gasteiger partial charge on any atom is -0.300 e. The Labute approximate surface area is 85.8 Å². The summed E-state index contributed by atoms with van der Waals surface area (Å²) in [5.41, 5.74) is 0. The van der Waals surface area contributed by atoms with Gasteiger partial charge in [0.25, 0.3) is 0 Å². The van der Waals surface area contributed by atoms with Crippen LogP contribution in [0.15, 0.2) is 0 Å². The van der Waals surface area contributed by atoms with Gasteiger partial charge in [-0.3, -0.25) is 4.90 Å². The summed E-state index contributed by atoms with van der Waals surface area (Å²) < 4.78 is 22.4. The number of likely N-dealkylation sites (tertiary alicyclic amines) is 1. The van der Waals surface area contributed by atoms with Crippen LogP contribution in [0.25, 0.3) is 0 Å². The van der Waals surface area contributed by atoms with E-state index in [2.05, 4.69) is 16.7 Å². The summed E-state index contributed by atoms with van der Waals surface area (Å²) in [6.45, 7) is 7.00. The van der Waals surface area contributed by atoms with Crippen molar-refractivity contribution in [2.24, 2.45) is 0 Å². The highest BCUT2D eigenvalue weighted by Gasteiger charge is 2.33. The molecule has 2 heterocycles. The third-order valence-electron chi connectivity index (χ3n) is 3.28. The van der Waals surface area contributed by atoms with Crippen LogP contribution in [0.5, 0.6) is 0 Å². The highest BCUT2D eigenvalue weighted by Crippen LogP contribution is 2.16. The lowest BCUT2D eigenvalue weighted by Crippen LogP contribution is -2.61. The van der Waals surface area contributed by atoms with Crippen LogP contribution in [0, 0.1) is 0 Å². The molecule has 2 saturated heterocycles. The molecule has 0 aromatic rings. The van der Waals surface area contributed by atoms with Gasteiger partial charge in [0, 0.05) is 32.2 Å². The lowest BCUT2D eigenvalue weighted by Gasteiger charge is -2.46. The van der Waals surface area contributed by atoms with Crippen LogP contribution in [0.3, 0.4) is 0 Å². The number of rotatable bonds is 2. The van der Waals surface area contributed by atoms with E-state index in [0.29, 0.717) is 17.5 Å². The zero-order valence-corrected chi connectivity index (χ0v) is 9.46. The molecule has 2 rings (SSSR count). The molecule has 82 valence electrons. The highest BCUT2D eigenvalue weighted by molar-refractivity contribution is 7.91. The molecule has 4 nitrogen and oxygen atoms in total. The summed E-state index contributed by atoms with van der Waals surface area (Å²) in [4.78, 5) is 4.71. The molecule has 0 aliphatic carbocycles. The van der Waals surface area contributed by atoms with Crippen molar-refractivity contribution in [3.8, 4) is 0 Å². The summed E-state index contributed by atoms with van der Waals surface area (Å²) in [6, 6.07) is 0.616. The molecule has 0 saturated carbocycles. The van der Waals surface area contributed by atoms with Gasteiger partial charge in [0.2, 0.25) is 0 Å². The van der Waals surface area contributed by atoms with E-state index in [1.165, 1.54) is 0 Å². The molecule has 0 bridgehead atoms. The van der Waals surface area contributed by atoms with E-state index < -0.39 is 9.84 Å². The van der Waals surface area contributed by atoms with Gasteiger partial charge >= 0.3 is 0 Å². The van der Waals surface area contributed by atoms with E-state index in [0.717, 1.165) is 32.7 Å². The zero-order valence-electron chi connectivity index (χ0n) is 8.65. The van der Waals surface area contributed by atoms with Gasteiger partial charge in [-0.05, 0) is 6.54 Å². The van der Waals surface area contributed by atoms with Crippen molar-refractivity contribution in [1.29, 1.82) is 0 Å². The van der Waals surface area contributed by atoms with Gasteiger partial charge in [-0.2, -0.15) is 0 Å². The van der Waals surface area contributed by atoms with Crippen molar-refractivity contribution < 1.29 is 8.42 Å². The van der Waals surface area contributed by atoms with Crippen LogP contribution in [0.2, 0.25) is 0 Å². The van der Waals surface area contributed by atoms with E-state index in [-0.39, 0.29) is 0 Å². The molecule has 0 unspecified atom stereocenters. The molecule has 0 N–H and O–H groups in total. The number of hydrogen-bond acceptors (Lipinski definition) is 4.